The Morgan fingerprint density at radius 2 is 2.19 bits per heavy atom. The third-order valence-electron chi connectivity index (χ3n) is 2.37. The highest BCUT2D eigenvalue weighted by molar-refractivity contribution is 5.76. The molecule has 1 aromatic heterocycles. The highest BCUT2D eigenvalue weighted by atomic mass is 16.3. The molecule has 0 atom stereocenters. The Labute approximate surface area is 92.5 Å². The first-order valence-electron chi connectivity index (χ1n) is 4.95. The van der Waals surface area contributed by atoms with Crippen molar-refractivity contribution in [2.45, 2.75) is 0 Å². The zero-order valence-corrected chi connectivity index (χ0v) is 8.47. The number of nitrogen functional groups attached to an aromatic ring is 1. The fourth-order valence-corrected chi connectivity index (χ4v) is 1.61. The summed E-state index contributed by atoms with van der Waals surface area (Å²) >= 11 is 0. The molecule has 1 radical (unpaired) electrons. The van der Waals surface area contributed by atoms with Crippen molar-refractivity contribution in [2.24, 2.45) is 0 Å². The Morgan fingerprint density at radius 1 is 1.25 bits per heavy atom. The Balaban J connectivity index is 2.19. The highest BCUT2D eigenvalue weighted by Crippen LogP contribution is 2.24. The van der Waals surface area contributed by atoms with E-state index in [1.807, 2.05) is 36.4 Å². The molecule has 0 unspecified atom stereocenters. The molecule has 0 aliphatic carbocycles. The zero-order valence-electron chi connectivity index (χ0n) is 8.47. The molecule has 0 bridgehead atoms. The maximum atomic E-state index is 5.71. The topological polar surface area (TPSA) is 52.0 Å². The minimum Gasteiger partial charge on any atom is -0.436 e. The van der Waals surface area contributed by atoms with E-state index in [4.69, 9.17) is 10.2 Å². The van der Waals surface area contributed by atoms with Gasteiger partial charge in [-0.15, -0.1) is 0 Å². The highest BCUT2D eigenvalue weighted by Gasteiger charge is 2.07. The van der Waals surface area contributed by atoms with Crippen LogP contribution in [0.15, 0.2) is 46.9 Å². The minimum absolute atomic E-state index is 0.585. The molecular formula is C13H9N2O. The lowest BCUT2D eigenvalue weighted by Gasteiger charge is -1.95. The number of hydrogen-bond acceptors (Lipinski definition) is 3. The van der Waals surface area contributed by atoms with Crippen molar-refractivity contribution in [2.75, 3.05) is 5.73 Å². The summed E-state index contributed by atoms with van der Waals surface area (Å²) in [4.78, 5) is 4.38. The van der Waals surface area contributed by atoms with Gasteiger partial charge in [-0.25, -0.2) is 4.98 Å². The lowest BCUT2D eigenvalue weighted by atomic mass is 10.2. The summed E-state index contributed by atoms with van der Waals surface area (Å²) in [6, 6.07) is 15.9. The van der Waals surface area contributed by atoms with Crippen LogP contribution in [0, 0.1) is 6.07 Å². The third kappa shape index (κ3) is 1.42. The zero-order chi connectivity index (χ0) is 11.0. The van der Waals surface area contributed by atoms with Crippen molar-refractivity contribution in [1.29, 1.82) is 0 Å². The van der Waals surface area contributed by atoms with Crippen LogP contribution in [0.1, 0.15) is 0 Å². The van der Waals surface area contributed by atoms with E-state index in [1.54, 1.807) is 6.07 Å². The molecule has 77 valence electrons. The van der Waals surface area contributed by atoms with E-state index in [-0.39, 0.29) is 0 Å². The van der Waals surface area contributed by atoms with E-state index in [1.165, 1.54) is 0 Å². The van der Waals surface area contributed by atoms with Crippen molar-refractivity contribution in [3.63, 3.8) is 0 Å². The number of rotatable bonds is 1. The van der Waals surface area contributed by atoms with Crippen molar-refractivity contribution in [3.8, 4) is 11.5 Å². The minimum atomic E-state index is 0.585. The number of oxazole rings is 1. The van der Waals surface area contributed by atoms with Crippen LogP contribution in [0.2, 0.25) is 0 Å². The number of benzene rings is 2. The van der Waals surface area contributed by atoms with Crippen LogP contribution in [0.4, 0.5) is 5.69 Å². The molecule has 0 spiro atoms. The first kappa shape index (κ1) is 8.97. The maximum Gasteiger partial charge on any atom is 0.227 e. The predicted octanol–water partition coefficient (Wildman–Crippen LogP) is 2.88. The molecule has 0 saturated carbocycles. The Morgan fingerprint density at radius 3 is 3.00 bits per heavy atom. The van der Waals surface area contributed by atoms with Crippen LogP contribution in [-0.4, -0.2) is 4.98 Å². The molecule has 0 fully saturated rings. The Hall–Kier alpha value is -2.29. The molecule has 3 heteroatoms. The quantitative estimate of drug-likeness (QED) is 0.627. The molecule has 0 saturated heterocycles. The fraction of sp³-hybridized carbons (Fsp3) is 0. The van der Waals surface area contributed by atoms with E-state index in [9.17, 15) is 0 Å². The number of hydrogen-bond donors (Lipinski definition) is 1. The van der Waals surface area contributed by atoms with Gasteiger partial charge in [-0.05, 0) is 36.4 Å². The molecule has 3 aromatic rings. The molecule has 0 aliphatic rings. The Kier molecular flexibility index (Phi) is 1.90. The maximum absolute atomic E-state index is 5.71. The summed E-state index contributed by atoms with van der Waals surface area (Å²) in [5.41, 5.74) is 8.87. The summed E-state index contributed by atoms with van der Waals surface area (Å²) in [7, 11) is 0. The molecule has 0 amide bonds. The average Bonchev–Trinajstić information content (AvgIpc) is 2.72. The smallest absolute Gasteiger partial charge is 0.227 e. The average molecular weight is 209 g/mol. The van der Waals surface area contributed by atoms with E-state index < -0.39 is 0 Å². The molecule has 16 heavy (non-hydrogen) atoms. The van der Waals surface area contributed by atoms with E-state index in [2.05, 4.69) is 11.1 Å². The first-order chi connectivity index (χ1) is 7.83. The molecular weight excluding hydrogens is 200 g/mol. The van der Waals surface area contributed by atoms with Crippen molar-refractivity contribution in [3.05, 3.63) is 48.5 Å². The van der Waals surface area contributed by atoms with Crippen molar-refractivity contribution < 1.29 is 4.42 Å². The van der Waals surface area contributed by atoms with Gasteiger partial charge in [-0.2, -0.15) is 0 Å². The fourth-order valence-electron chi connectivity index (χ4n) is 1.61. The summed E-state index contributed by atoms with van der Waals surface area (Å²) in [5, 5.41) is 0. The van der Waals surface area contributed by atoms with Gasteiger partial charge in [0.2, 0.25) is 5.89 Å². The van der Waals surface area contributed by atoms with E-state index in [0.29, 0.717) is 11.6 Å². The van der Waals surface area contributed by atoms with Crippen LogP contribution >= 0.6 is 0 Å². The van der Waals surface area contributed by atoms with Gasteiger partial charge in [0.1, 0.15) is 5.52 Å². The summed E-state index contributed by atoms with van der Waals surface area (Å²) < 4.78 is 5.61. The second-order valence-corrected chi connectivity index (χ2v) is 3.54. The number of nitrogens with two attached hydrogens (primary N) is 1. The molecule has 2 N–H and O–H groups in total. The lowest BCUT2D eigenvalue weighted by Crippen LogP contribution is -1.84. The van der Waals surface area contributed by atoms with Gasteiger partial charge in [-0.3, -0.25) is 0 Å². The third-order valence-corrected chi connectivity index (χ3v) is 2.37. The van der Waals surface area contributed by atoms with Gasteiger partial charge < -0.3 is 10.2 Å². The largest absolute Gasteiger partial charge is 0.436 e. The first-order valence-corrected chi connectivity index (χ1v) is 4.95. The van der Waals surface area contributed by atoms with Crippen molar-refractivity contribution >= 4 is 16.8 Å². The molecule has 3 nitrogen and oxygen atoms in total. The van der Waals surface area contributed by atoms with Gasteiger partial charge in [0.25, 0.3) is 0 Å². The van der Waals surface area contributed by atoms with Crippen LogP contribution in [-0.2, 0) is 0 Å². The standard InChI is InChI=1S/C13H9N2O/c14-10-5-3-4-9(8-10)13-15-11-6-1-2-7-12(11)16-13/h1,3-8H,14H2. The normalized spacial score (nSPS) is 10.8. The molecule has 0 aliphatic heterocycles. The number of anilines is 1. The molecule has 1 heterocycles. The van der Waals surface area contributed by atoms with Gasteiger partial charge in [0, 0.05) is 11.3 Å². The van der Waals surface area contributed by atoms with E-state index in [0.717, 1.165) is 16.7 Å². The predicted molar refractivity (Wildman–Crippen MR) is 62.7 cm³/mol. The number of aromatic nitrogens is 1. The van der Waals surface area contributed by atoms with Gasteiger partial charge >= 0.3 is 0 Å². The van der Waals surface area contributed by atoms with Crippen LogP contribution < -0.4 is 5.73 Å². The van der Waals surface area contributed by atoms with Crippen LogP contribution in [0.3, 0.4) is 0 Å². The lowest BCUT2D eigenvalue weighted by molar-refractivity contribution is 0.620. The summed E-state index contributed by atoms with van der Waals surface area (Å²) in [6.45, 7) is 0. The van der Waals surface area contributed by atoms with Crippen LogP contribution in [0.25, 0.3) is 22.6 Å². The van der Waals surface area contributed by atoms with Gasteiger partial charge in [0.05, 0.1) is 0 Å². The number of fused-ring (bicyclic) bond motifs is 1. The second kappa shape index (κ2) is 3.38. The summed E-state index contributed by atoms with van der Waals surface area (Å²) in [6.07, 6.45) is 0. The van der Waals surface area contributed by atoms with Gasteiger partial charge in [-0.1, -0.05) is 12.1 Å². The number of nitrogens with zero attached hydrogens (tertiary/aromatic N) is 1. The summed E-state index contributed by atoms with van der Waals surface area (Å²) in [5.74, 6) is 0.585. The second-order valence-electron chi connectivity index (χ2n) is 3.54. The SMILES string of the molecule is Nc1cccc(-c2nc3cc[c]cc3o2)c1. The van der Waals surface area contributed by atoms with Gasteiger partial charge in [0.15, 0.2) is 5.58 Å². The Bertz CT molecular complexity index is 610. The van der Waals surface area contributed by atoms with Crippen molar-refractivity contribution in [1.82, 2.24) is 4.98 Å². The van der Waals surface area contributed by atoms with Crippen LogP contribution in [0.5, 0.6) is 0 Å². The molecule has 2 aromatic carbocycles. The van der Waals surface area contributed by atoms with E-state index >= 15 is 0 Å². The molecule has 3 rings (SSSR count). The monoisotopic (exact) mass is 209 g/mol.